The first-order valence-corrected chi connectivity index (χ1v) is 13.7. The van der Waals surface area contributed by atoms with Crippen molar-refractivity contribution in [2.75, 3.05) is 26.6 Å². The number of dihydropyridines is 1. The van der Waals surface area contributed by atoms with Gasteiger partial charge in [-0.05, 0) is 74.1 Å². The topological polar surface area (TPSA) is 85.9 Å². The molecule has 1 aliphatic heterocycles. The van der Waals surface area contributed by atoms with Crippen LogP contribution in [0.5, 0.6) is 17.2 Å². The summed E-state index contributed by atoms with van der Waals surface area (Å²) in [6, 6.07) is 19.3. The van der Waals surface area contributed by atoms with Crippen molar-refractivity contribution in [2.45, 2.75) is 45.4 Å². The number of rotatable bonds is 7. The Morgan fingerprint density at radius 1 is 0.854 bits per heavy atom. The van der Waals surface area contributed by atoms with E-state index in [2.05, 4.69) is 28.8 Å². The zero-order valence-corrected chi connectivity index (χ0v) is 24.4. The van der Waals surface area contributed by atoms with Crippen LogP contribution in [0.1, 0.15) is 53.9 Å². The molecule has 2 N–H and O–H groups in total. The van der Waals surface area contributed by atoms with Gasteiger partial charge >= 0.3 is 0 Å². The number of nitrogens with one attached hydrogen (secondary N) is 2. The normalized spacial score (nSPS) is 18.4. The quantitative estimate of drug-likeness (QED) is 0.356. The maximum Gasteiger partial charge on any atom is 0.254 e. The van der Waals surface area contributed by atoms with Crippen molar-refractivity contribution >= 4 is 17.4 Å². The second-order valence-corrected chi connectivity index (χ2v) is 10.6. The highest BCUT2D eigenvalue weighted by molar-refractivity contribution is 6.10. The predicted molar refractivity (Wildman–Crippen MR) is 160 cm³/mol. The fourth-order valence-electron chi connectivity index (χ4n) is 6.00. The van der Waals surface area contributed by atoms with Gasteiger partial charge in [0, 0.05) is 34.9 Å². The molecule has 41 heavy (non-hydrogen) atoms. The lowest BCUT2D eigenvalue weighted by Gasteiger charge is -2.37. The highest BCUT2D eigenvalue weighted by Crippen LogP contribution is 2.47. The van der Waals surface area contributed by atoms with Crippen LogP contribution < -0.4 is 24.8 Å². The van der Waals surface area contributed by atoms with Gasteiger partial charge in [-0.1, -0.05) is 42.0 Å². The number of ketones is 1. The molecule has 212 valence electrons. The van der Waals surface area contributed by atoms with Crippen LogP contribution in [0.4, 0.5) is 5.69 Å². The van der Waals surface area contributed by atoms with Crippen molar-refractivity contribution in [3.63, 3.8) is 0 Å². The fraction of sp³-hybridized carbons (Fsp3) is 0.294. The van der Waals surface area contributed by atoms with E-state index in [1.165, 1.54) is 0 Å². The molecular formula is C34H36N2O5. The molecule has 7 nitrogen and oxygen atoms in total. The largest absolute Gasteiger partial charge is 0.495 e. The molecule has 1 aliphatic carbocycles. The summed E-state index contributed by atoms with van der Waals surface area (Å²) in [6.45, 7) is 5.96. The van der Waals surface area contributed by atoms with Crippen LogP contribution in [0.3, 0.4) is 0 Å². The summed E-state index contributed by atoms with van der Waals surface area (Å²) in [7, 11) is 4.79. The summed E-state index contributed by atoms with van der Waals surface area (Å²) in [5.74, 6) is 1.06. The molecule has 7 heteroatoms. The predicted octanol–water partition coefficient (Wildman–Crippen LogP) is 6.33. The second kappa shape index (κ2) is 11.5. The van der Waals surface area contributed by atoms with Gasteiger partial charge in [0.05, 0.1) is 27.0 Å². The second-order valence-electron chi connectivity index (χ2n) is 10.6. The summed E-state index contributed by atoms with van der Waals surface area (Å²) in [6.07, 6.45) is 0.967. The van der Waals surface area contributed by atoms with Crippen LogP contribution in [-0.4, -0.2) is 33.0 Å². The van der Waals surface area contributed by atoms with Crippen molar-refractivity contribution in [3.05, 3.63) is 105 Å². The van der Waals surface area contributed by atoms with E-state index in [0.29, 0.717) is 46.9 Å². The van der Waals surface area contributed by atoms with E-state index in [9.17, 15) is 9.59 Å². The Labute approximate surface area is 241 Å². The summed E-state index contributed by atoms with van der Waals surface area (Å²) in [4.78, 5) is 28.1. The lowest BCUT2D eigenvalue weighted by atomic mass is 9.70. The molecule has 2 unspecified atom stereocenters. The maximum absolute atomic E-state index is 14.1. The lowest BCUT2D eigenvalue weighted by Crippen LogP contribution is -2.37. The number of allylic oxidation sites excluding steroid dienone is 3. The highest BCUT2D eigenvalue weighted by atomic mass is 16.5. The number of hydrogen-bond donors (Lipinski definition) is 2. The van der Waals surface area contributed by atoms with Gasteiger partial charge < -0.3 is 24.8 Å². The van der Waals surface area contributed by atoms with Crippen molar-refractivity contribution in [2.24, 2.45) is 0 Å². The molecule has 0 saturated heterocycles. The number of carbonyl (C=O) groups is 2. The van der Waals surface area contributed by atoms with Crippen molar-refractivity contribution in [3.8, 4) is 17.2 Å². The number of benzene rings is 3. The van der Waals surface area contributed by atoms with Crippen molar-refractivity contribution in [1.82, 2.24) is 5.32 Å². The molecule has 0 saturated carbocycles. The lowest BCUT2D eigenvalue weighted by molar-refractivity contribution is -0.116. The molecule has 2 aliphatic rings. The minimum Gasteiger partial charge on any atom is -0.495 e. The Hall–Kier alpha value is -4.52. The molecule has 0 radical (unpaired) electrons. The number of carbonyl (C=O) groups excluding carboxylic acids is 2. The fourth-order valence-corrected chi connectivity index (χ4v) is 6.00. The first-order chi connectivity index (χ1) is 19.7. The standard InChI is InChI=1S/C34H36N2O5/c1-19-11-12-20(2)24(15-19)32-31(34(38)36-25-9-7-8-10-28(25)39-4)21(3)35-26-16-23(17-27(37)33(26)32)22-13-14-29(40-5)30(18-22)41-6/h7-15,18,23,32,35H,16-17H2,1-6H3,(H,36,38). The molecule has 0 bridgehead atoms. The number of anilines is 1. The van der Waals surface area contributed by atoms with Gasteiger partial charge in [-0.2, -0.15) is 0 Å². The maximum atomic E-state index is 14.1. The van der Waals surface area contributed by atoms with Crippen LogP contribution in [0.25, 0.3) is 0 Å². The number of para-hydroxylation sites is 2. The SMILES string of the molecule is COc1ccccc1NC(=O)C1=C(C)NC2=C(C(=O)CC(c3ccc(OC)c(OC)c3)C2)C1c1cc(C)ccc1C. The molecule has 1 amide bonds. The molecule has 3 aromatic carbocycles. The zero-order chi connectivity index (χ0) is 29.3. The zero-order valence-electron chi connectivity index (χ0n) is 24.4. The summed E-state index contributed by atoms with van der Waals surface area (Å²) in [5.41, 5.74) is 7.41. The average Bonchev–Trinajstić information content (AvgIpc) is 2.97. The van der Waals surface area contributed by atoms with Crippen LogP contribution >= 0.6 is 0 Å². The van der Waals surface area contributed by atoms with Gasteiger partial charge in [-0.25, -0.2) is 0 Å². The summed E-state index contributed by atoms with van der Waals surface area (Å²) < 4.78 is 16.4. The van der Waals surface area contributed by atoms with Gasteiger partial charge in [0.1, 0.15) is 5.75 Å². The van der Waals surface area contributed by atoms with Crippen molar-refractivity contribution in [1.29, 1.82) is 0 Å². The molecule has 0 spiro atoms. The summed E-state index contributed by atoms with van der Waals surface area (Å²) >= 11 is 0. The third-order valence-corrected chi connectivity index (χ3v) is 8.05. The van der Waals surface area contributed by atoms with Gasteiger partial charge in [0.2, 0.25) is 0 Å². The monoisotopic (exact) mass is 552 g/mol. The Bertz CT molecular complexity index is 1590. The average molecular weight is 553 g/mol. The number of ether oxygens (including phenoxy) is 3. The molecule has 1 heterocycles. The van der Waals surface area contributed by atoms with E-state index in [1.54, 1.807) is 33.5 Å². The minimum atomic E-state index is -0.500. The number of amides is 1. The third kappa shape index (κ3) is 5.32. The van der Waals surface area contributed by atoms with E-state index < -0.39 is 5.92 Å². The van der Waals surface area contributed by atoms with Gasteiger partial charge in [-0.15, -0.1) is 0 Å². The molecule has 3 aromatic rings. The van der Waals surface area contributed by atoms with E-state index in [-0.39, 0.29) is 17.6 Å². The molecular weight excluding hydrogens is 516 g/mol. The smallest absolute Gasteiger partial charge is 0.254 e. The number of aryl methyl sites for hydroxylation is 2. The molecule has 2 atom stereocenters. The first-order valence-electron chi connectivity index (χ1n) is 13.7. The highest BCUT2D eigenvalue weighted by Gasteiger charge is 2.41. The van der Waals surface area contributed by atoms with E-state index in [0.717, 1.165) is 33.6 Å². The molecule has 0 fully saturated rings. The Kier molecular flexibility index (Phi) is 7.88. The van der Waals surface area contributed by atoms with E-state index in [4.69, 9.17) is 14.2 Å². The Balaban J connectivity index is 1.58. The number of Topliss-reactive ketones (excluding diaryl/α,β-unsaturated/α-hetero) is 1. The van der Waals surface area contributed by atoms with Gasteiger partial charge in [0.15, 0.2) is 17.3 Å². The number of hydrogen-bond acceptors (Lipinski definition) is 6. The van der Waals surface area contributed by atoms with Crippen LogP contribution in [0.15, 0.2) is 83.2 Å². The van der Waals surface area contributed by atoms with Crippen LogP contribution in [0, 0.1) is 13.8 Å². The Morgan fingerprint density at radius 3 is 2.32 bits per heavy atom. The molecule has 0 aromatic heterocycles. The van der Waals surface area contributed by atoms with Crippen LogP contribution in [0.2, 0.25) is 0 Å². The van der Waals surface area contributed by atoms with Crippen molar-refractivity contribution < 1.29 is 23.8 Å². The minimum absolute atomic E-state index is 0.0273. The third-order valence-electron chi connectivity index (χ3n) is 8.05. The van der Waals surface area contributed by atoms with Gasteiger partial charge in [-0.3, -0.25) is 9.59 Å². The van der Waals surface area contributed by atoms with E-state index >= 15 is 0 Å². The first kappa shape index (κ1) is 28.0. The molecule has 5 rings (SSSR count). The summed E-state index contributed by atoms with van der Waals surface area (Å²) in [5, 5.41) is 6.51. The number of methoxy groups -OCH3 is 3. The Morgan fingerprint density at radius 2 is 1.59 bits per heavy atom. The van der Waals surface area contributed by atoms with Crippen LogP contribution in [-0.2, 0) is 9.59 Å². The van der Waals surface area contributed by atoms with E-state index in [1.807, 2.05) is 51.1 Å². The van der Waals surface area contributed by atoms with Gasteiger partial charge in [0.25, 0.3) is 5.91 Å².